The van der Waals surface area contributed by atoms with E-state index in [2.05, 4.69) is 19.2 Å². The van der Waals surface area contributed by atoms with E-state index in [0.29, 0.717) is 5.88 Å². The lowest BCUT2D eigenvalue weighted by Gasteiger charge is -2.24. The Bertz CT molecular complexity index is 384. The molecule has 1 aliphatic rings. The van der Waals surface area contributed by atoms with Crippen molar-refractivity contribution in [1.29, 1.82) is 0 Å². The van der Waals surface area contributed by atoms with Crippen LogP contribution in [-0.2, 0) is 4.79 Å². The molecule has 1 aliphatic heterocycles. The molecule has 1 fully saturated rings. The molecular weight excluding hydrogens is 216 g/mol. The summed E-state index contributed by atoms with van der Waals surface area (Å²) in [7, 11) is 1.84. The van der Waals surface area contributed by atoms with Crippen LogP contribution in [-0.4, -0.2) is 25.5 Å². The molecule has 1 saturated heterocycles. The number of anilines is 1. The average molecular weight is 236 g/mol. The molecule has 94 valence electrons. The number of furan rings is 1. The maximum atomic E-state index is 12.4. The number of hydrogen-bond donors (Lipinski definition) is 1. The van der Waals surface area contributed by atoms with Gasteiger partial charge in [-0.15, -0.1) is 0 Å². The van der Waals surface area contributed by atoms with Gasteiger partial charge in [0.05, 0.1) is 12.3 Å². The Labute approximate surface area is 102 Å². The van der Waals surface area contributed by atoms with Gasteiger partial charge in [0.1, 0.15) is 0 Å². The van der Waals surface area contributed by atoms with E-state index in [-0.39, 0.29) is 17.4 Å². The highest BCUT2D eigenvalue weighted by molar-refractivity contribution is 5.96. The number of likely N-dealkylation sites (N-methyl/N-ethyl adjacent to an activating group) is 1. The summed E-state index contributed by atoms with van der Waals surface area (Å²) in [5.41, 5.74) is 0.171. The highest BCUT2D eigenvalue weighted by Crippen LogP contribution is 2.32. The molecule has 0 aromatic carbocycles. The molecule has 4 nitrogen and oxygen atoms in total. The molecule has 2 rings (SSSR count). The third-order valence-electron chi connectivity index (χ3n) is 3.45. The molecule has 2 heterocycles. The molecule has 17 heavy (non-hydrogen) atoms. The monoisotopic (exact) mass is 236 g/mol. The molecule has 1 aromatic rings. The summed E-state index contributed by atoms with van der Waals surface area (Å²) >= 11 is 0. The molecular formula is C13H20N2O2. The van der Waals surface area contributed by atoms with Crippen LogP contribution in [0.3, 0.4) is 0 Å². The van der Waals surface area contributed by atoms with Crippen molar-refractivity contribution in [1.82, 2.24) is 5.32 Å². The summed E-state index contributed by atoms with van der Waals surface area (Å²) in [6.45, 7) is 5.13. The SMILES string of the molecule is CNC1CC(C)(C)CCN(c2ccco2)C1=O. The zero-order chi connectivity index (χ0) is 12.5. The van der Waals surface area contributed by atoms with Gasteiger partial charge in [-0.05, 0) is 31.4 Å². The lowest BCUT2D eigenvalue weighted by molar-refractivity contribution is -0.120. The predicted octanol–water partition coefficient (Wildman–Crippen LogP) is 2.02. The van der Waals surface area contributed by atoms with Crippen molar-refractivity contribution >= 4 is 11.8 Å². The predicted molar refractivity (Wildman–Crippen MR) is 66.9 cm³/mol. The van der Waals surface area contributed by atoms with E-state index in [1.807, 2.05) is 19.2 Å². The number of amides is 1. The maximum Gasteiger partial charge on any atom is 0.246 e. The lowest BCUT2D eigenvalue weighted by atomic mass is 9.83. The minimum absolute atomic E-state index is 0.105. The Hall–Kier alpha value is -1.29. The van der Waals surface area contributed by atoms with Crippen molar-refractivity contribution in [2.75, 3.05) is 18.5 Å². The highest BCUT2D eigenvalue weighted by atomic mass is 16.3. The summed E-state index contributed by atoms with van der Waals surface area (Å²) < 4.78 is 5.34. The summed E-state index contributed by atoms with van der Waals surface area (Å²) in [5.74, 6) is 0.751. The van der Waals surface area contributed by atoms with Crippen LogP contribution in [0.25, 0.3) is 0 Å². The number of nitrogens with one attached hydrogen (secondary N) is 1. The van der Waals surface area contributed by atoms with E-state index in [1.165, 1.54) is 0 Å². The first-order valence-corrected chi connectivity index (χ1v) is 6.06. The minimum Gasteiger partial charge on any atom is -0.448 e. The van der Waals surface area contributed by atoms with Crippen LogP contribution >= 0.6 is 0 Å². The average Bonchev–Trinajstić information content (AvgIpc) is 2.75. The summed E-state index contributed by atoms with van der Waals surface area (Å²) in [6, 6.07) is 3.52. The molecule has 1 amide bonds. The van der Waals surface area contributed by atoms with Crippen LogP contribution < -0.4 is 10.2 Å². The Morgan fingerprint density at radius 1 is 1.53 bits per heavy atom. The molecule has 0 radical (unpaired) electrons. The molecule has 1 aromatic heterocycles. The summed E-state index contributed by atoms with van der Waals surface area (Å²) in [5, 5.41) is 3.11. The second-order valence-electron chi connectivity index (χ2n) is 5.40. The van der Waals surface area contributed by atoms with Gasteiger partial charge in [0, 0.05) is 12.6 Å². The lowest BCUT2D eigenvalue weighted by Crippen LogP contribution is -2.44. The molecule has 1 N–H and O–H groups in total. The number of rotatable bonds is 2. The van der Waals surface area contributed by atoms with E-state index >= 15 is 0 Å². The van der Waals surface area contributed by atoms with Crippen molar-refractivity contribution in [3.63, 3.8) is 0 Å². The quantitative estimate of drug-likeness (QED) is 0.854. The van der Waals surface area contributed by atoms with Gasteiger partial charge in [-0.3, -0.25) is 9.69 Å². The summed E-state index contributed by atoms with van der Waals surface area (Å²) in [6.07, 6.45) is 3.45. The van der Waals surface area contributed by atoms with Gasteiger partial charge in [-0.1, -0.05) is 13.8 Å². The number of nitrogens with zero attached hydrogens (tertiary/aromatic N) is 1. The first kappa shape index (κ1) is 12.2. The minimum atomic E-state index is -0.127. The van der Waals surface area contributed by atoms with Gasteiger partial charge >= 0.3 is 0 Å². The van der Waals surface area contributed by atoms with E-state index in [1.54, 1.807) is 11.2 Å². The first-order valence-electron chi connectivity index (χ1n) is 6.06. The molecule has 0 saturated carbocycles. The van der Waals surface area contributed by atoms with Gasteiger partial charge in [0.2, 0.25) is 11.8 Å². The molecule has 0 aliphatic carbocycles. The maximum absolute atomic E-state index is 12.4. The number of hydrogen-bond acceptors (Lipinski definition) is 3. The van der Waals surface area contributed by atoms with Crippen LogP contribution in [0.4, 0.5) is 5.88 Å². The molecule has 4 heteroatoms. The fraction of sp³-hybridized carbons (Fsp3) is 0.615. The van der Waals surface area contributed by atoms with Crippen LogP contribution in [0.15, 0.2) is 22.8 Å². The zero-order valence-corrected chi connectivity index (χ0v) is 10.7. The Kier molecular flexibility index (Phi) is 3.24. The van der Waals surface area contributed by atoms with Crippen LogP contribution in [0.1, 0.15) is 26.7 Å². The van der Waals surface area contributed by atoms with Crippen LogP contribution in [0.2, 0.25) is 0 Å². The zero-order valence-electron chi connectivity index (χ0n) is 10.7. The van der Waals surface area contributed by atoms with Gasteiger partial charge in [-0.2, -0.15) is 0 Å². The van der Waals surface area contributed by atoms with E-state index in [9.17, 15) is 4.79 Å². The van der Waals surface area contributed by atoms with E-state index in [4.69, 9.17) is 4.42 Å². The van der Waals surface area contributed by atoms with Gasteiger partial charge in [0.25, 0.3) is 0 Å². The Morgan fingerprint density at radius 3 is 2.88 bits per heavy atom. The van der Waals surface area contributed by atoms with Crippen molar-refractivity contribution in [3.8, 4) is 0 Å². The molecule has 1 atom stereocenters. The Morgan fingerprint density at radius 2 is 2.29 bits per heavy atom. The standard InChI is InChI=1S/C13H20N2O2/c1-13(2)6-7-15(11-5-4-8-17-11)12(16)10(9-13)14-3/h4-5,8,10,14H,6-7,9H2,1-3H3. The van der Waals surface area contributed by atoms with Gasteiger partial charge in [0.15, 0.2) is 0 Å². The Balaban J connectivity index is 2.26. The highest BCUT2D eigenvalue weighted by Gasteiger charge is 2.35. The van der Waals surface area contributed by atoms with Gasteiger partial charge in [-0.25, -0.2) is 0 Å². The van der Waals surface area contributed by atoms with Crippen molar-refractivity contribution in [3.05, 3.63) is 18.4 Å². The number of carbonyl (C=O) groups excluding carboxylic acids is 1. The van der Waals surface area contributed by atoms with Crippen LogP contribution in [0.5, 0.6) is 0 Å². The van der Waals surface area contributed by atoms with Crippen molar-refractivity contribution in [2.24, 2.45) is 5.41 Å². The second kappa shape index (κ2) is 4.53. The third-order valence-corrected chi connectivity index (χ3v) is 3.45. The summed E-state index contributed by atoms with van der Waals surface area (Å²) in [4.78, 5) is 14.1. The molecule has 0 spiro atoms. The van der Waals surface area contributed by atoms with Gasteiger partial charge < -0.3 is 9.73 Å². The first-order chi connectivity index (χ1) is 8.03. The third kappa shape index (κ3) is 2.52. The second-order valence-corrected chi connectivity index (χ2v) is 5.40. The fourth-order valence-electron chi connectivity index (χ4n) is 2.32. The topological polar surface area (TPSA) is 45.5 Å². The largest absolute Gasteiger partial charge is 0.448 e. The van der Waals surface area contributed by atoms with E-state index < -0.39 is 0 Å². The van der Waals surface area contributed by atoms with Crippen molar-refractivity contribution in [2.45, 2.75) is 32.7 Å². The van der Waals surface area contributed by atoms with Crippen molar-refractivity contribution < 1.29 is 9.21 Å². The van der Waals surface area contributed by atoms with Crippen LogP contribution in [0, 0.1) is 5.41 Å². The fourth-order valence-corrected chi connectivity index (χ4v) is 2.32. The molecule has 0 bridgehead atoms. The molecule has 1 unspecified atom stereocenters. The number of carbonyl (C=O) groups is 1. The van der Waals surface area contributed by atoms with E-state index in [0.717, 1.165) is 19.4 Å². The normalized spacial score (nSPS) is 24.8. The smallest absolute Gasteiger partial charge is 0.246 e.